The van der Waals surface area contributed by atoms with Crippen molar-refractivity contribution in [1.82, 2.24) is 9.55 Å². The Morgan fingerprint density at radius 3 is 2.62 bits per heavy atom. The fourth-order valence-electron chi connectivity index (χ4n) is 3.17. The third kappa shape index (κ3) is 3.31. The summed E-state index contributed by atoms with van der Waals surface area (Å²) in [6.45, 7) is 3.10. The molecule has 0 fully saturated rings. The number of benzene rings is 3. The molecule has 0 atom stereocenters. The number of imidazole rings is 1. The molecule has 0 bridgehead atoms. The van der Waals surface area contributed by atoms with Crippen LogP contribution < -0.4 is 5.32 Å². The van der Waals surface area contributed by atoms with Crippen LogP contribution in [0.15, 0.2) is 72.8 Å². The number of aromatic nitrogens is 2. The summed E-state index contributed by atoms with van der Waals surface area (Å²) >= 11 is 0. The standard InChI is InChI=1S/C22H20FN3/c1-16-7-6-9-18(13-16)24-14-22-25-20-11-4-5-12-21(20)26(22)15-17-8-2-3-10-19(17)23/h2-13,24H,14-15H2,1H3. The summed E-state index contributed by atoms with van der Waals surface area (Å²) in [5.41, 5.74) is 4.85. The molecule has 4 rings (SSSR count). The number of hydrogen-bond acceptors (Lipinski definition) is 2. The van der Waals surface area contributed by atoms with Crippen LogP contribution in [-0.2, 0) is 13.1 Å². The van der Waals surface area contributed by atoms with E-state index in [2.05, 4.69) is 28.9 Å². The molecule has 0 aliphatic heterocycles. The largest absolute Gasteiger partial charge is 0.378 e. The molecular formula is C22H20FN3. The van der Waals surface area contributed by atoms with Gasteiger partial charge in [0, 0.05) is 11.3 Å². The zero-order valence-corrected chi connectivity index (χ0v) is 14.6. The zero-order chi connectivity index (χ0) is 17.9. The SMILES string of the molecule is Cc1cccc(NCc2nc3ccccc3n2Cc2ccccc2F)c1. The Morgan fingerprint density at radius 2 is 1.77 bits per heavy atom. The molecule has 1 N–H and O–H groups in total. The number of aryl methyl sites for hydroxylation is 1. The van der Waals surface area contributed by atoms with Crippen LogP contribution in [0.25, 0.3) is 11.0 Å². The lowest BCUT2D eigenvalue weighted by molar-refractivity contribution is 0.598. The van der Waals surface area contributed by atoms with Crippen molar-refractivity contribution in [3.63, 3.8) is 0 Å². The van der Waals surface area contributed by atoms with Crippen LogP contribution in [-0.4, -0.2) is 9.55 Å². The molecule has 0 radical (unpaired) electrons. The summed E-state index contributed by atoms with van der Waals surface area (Å²) in [6.07, 6.45) is 0. The van der Waals surface area contributed by atoms with Gasteiger partial charge in [-0.3, -0.25) is 0 Å². The van der Waals surface area contributed by atoms with Crippen molar-refractivity contribution >= 4 is 16.7 Å². The molecule has 0 aliphatic rings. The van der Waals surface area contributed by atoms with Gasteiger partial charge in [-0.25, -0.2) is 9.37 Å². The van der Waals surface area contributed by atoms with Gasteiger partial charge in [0.25, 0.3) is 0 Å². The van der Waals surface area contributed by atoms with E-state index in [4.69, 9.17) is 4.98 Å². The minimum atomic E-state index is -0.192. The maximum Gasteiger partial charge on any atom is 0.129 e. The number of nitrogens with one attached hydrogen (secondary N) is 1. The van der Waals surface area contributed by atoms with Crippen molar-refractivity contribution in [2.24, 2.45) is 0 Å². The maximum absolute atomic E-state index is 14.2. The molecule has 0 aliphatic carbocycles. The summed E-state index contributed by atoms with van der Waals surface area (Å²) in [6, 6.07) is 23.1. The van der Waals surface area contributed by atoms with Crippen LogP contribution in [0.4, 0.5) is 10.1 Å². The van der Waals surface area contributed by atoms with E-state index in [-0.39, 0.29) is 5.82 Å². The van der Waals surface area contributed by atoms with Gasteiger partial charge in [0.1, 0.15) is 11.6 Å². The Kier molecular flexibility index (Phi) is 4.40. The number of hydrogen-bond donors (Lipinski definition) is 1. The van der Waals surface area contributed by atoms with Gasteiger partial charge in [0.05, 0.1) is 24.1 Å². The smallest absolute Gasteiger partial charge is 0.129 e. The molecule has 4 aromatic rings. The quantitative estimate of drug-likeness (QED) is 0.542. The van der Waals surface area contributed by atoms with E-state index in [1.165, 1.54) is 11.6 Å². The third-order valence-electron chi connectivity index (χ3n) is 4.49. The van der Waals surface area contributed by atoms with E-state index in [0.29, 0.717) is 18.7 Å². The Morgan fingerprint density at radius 1 is 0.962 bits per heavy atom. The summed E-state index contributed by atoms with van der Waals surface area (Å²) in [4.78, 5) is 4.75. The van der Waals surface area contributed by atoms with Crippen molar-refractivity contribution in [1.29, 1.82) is 0 Å². The predicted molar refractivity (Wildman–Crippen MR) is 104 cm³/mol. The van der Waals surface area contributed by atoms with Crippen molar-refractivity contribution in [2.45, 2.75) is 20.0 Å². The van der Waals surface area contributed by atoms with Crippen LogP contribution in [0.2, 0.25) is 0 Å². The van der Waals surface area contributed by atoms with E-state index >= 15 is 0 Å². The van der Waals surface area contributed by atoms with E-state index in [9.17, 15) is 4.39 Å². The first-order valence-corrected chi connectivity index (χ1v) is 8.69. The highest BCUT2D eigenvalue weighted by atomic mass is 19.1. The number of rotatable bonds is 5. The van der Waals surface area contributed by atoms with E-state index in [0.717, 1.165) is 22.5 Å². The second-order valence-electron chi connectivity index (χ2n) is 6.42. The second-order valence-corrected chi connectivity index (χ2v) is 6.42. The third-order valence-corrected chi connectivity index (χ3v) is 4.49. The Bertz CT molecular complexity index is 1050. The van der Waals surface area contributed by atoms with Gasteiger partial charge in [-0.05, 0) is 42.8 Å². The van der Waals surface area contributed by atoms with Crippen molar-refractivity contribution < 1.29 is 4.39 Å². The molecule has 3 aromatic carbocycles. The lowest BCUT2D eigenvalue weighted by atomic mass is 10.2. The first kappa shape index (κ1) is 16.3. The molecule has 0 spiro atoms. The van der Waals surface area contributed by atoms with Crippen molar-refractivity contribution in [3.8, 4) is 0 Å². The molecule has 0 saturated heterocycles. The minimum absolute atomic E-state index is 0.192. The van der Waals surface area contributed by atoms with Gasteiger partial charge in [-0.2, -0.15) is 0 Å². The average molecular weight is 345 g/mol. The van der Waals surface area contributed by atoms with Crippen LogP contribution in [0.5, 0.6) is 0 Å². The number of para-hydroxylation sites is 2. The summed E-state index contributed by atoms with van der Waals surface area (Å²) < 4.78 is 16.2. The maximum atomic E-state index is 14.2. The van der Waals surface area contributed by atoms with E-state index in [1.807, 2.05) is 48.5 Å². The molecule has 26 heavy (non-hydrogen) atoms. The van der Waals surface area contributed by atoms with Gasteiger partial charge in [-0.15, -0.1) is 0 Å². The predicted octanol–water partition coefficient (Wildman–Crippen LogP) is 5.14. The van der Waals surface area contributed by atoms with Crippen LogP contribution in [0.3, 0.4) is 0 Å². The zero-order valence-electron chi connectivity index (χ0n) is 14.6. The molecule has 0 unspecified atom stereocenters. The fraction of sp³-hybridized carbons (Fsp3) is 0.136. The molecule has 4 heteroatoms. The van der Waals surface area contributed by atoms with Gasteiger partial charge in [0.15, 0.2) is 0 Å². The number of halogens is 1. The summed E-state index contributed by atoms with van der Waals surface area (Å²) in [5, 5.41) is 3.43. The van der Waals surface area contributed by atoms with Crippen molar-refractivity contribution in [2.75, 3.05) is 5.32 Å². The molecule has 130 valence electrons. The molecule has 3 nitrogen and oxygen atoms in total. The molecule has 0 saturated carbocycles. The number of fused-ring (bicyclic) bond motifs is 1. The first-order valence-electron chi connectivity index (χ1n) is 8.69. The Labute approximate surface area is 152 Å². The van der Waals surface area contributed by atoms with Gasteiger partial charge >= 0.3 is 0 Å². The van der Waals surface area contributed by atoms with Gasteiger partial charge in [-0.1, -0.05) is 42.5 Å². The summed E-state index contributed by atoms with van der Waals surface area (Å²) in [5.74, 6) is 0.693. The second kappa shape index (κ2) is 7.00. The monoisotopic (exact) mass is 345 g/mol. The highest BCUT2D eigenvalue weighted by Crippen LogP contribution is 2.20. The highest BCUT2D eigenvalue weighted by Gasteiger charge is 2.12. The molecule has 0 amide bonds. The van der Waals surface area contributed by atoms with E-state index in [1.54, 1.807) is 6.07 Å². The fourth-order valence-corrected chi connectivity index (χ4v) is 3.17. The molecule has 1 aromatic heterocycles. The van der Waals surface area contributed by atoms with Crippen molar-refractivity contribution in [3.05, 3.63) is 95.6 Å². The molecule has 1 heterocycles. The Balaban J connectivity index is 1.68. The van der Waals surface area contributed by atoms with Gasteiger partial charge < -0.3 is 9.88 Å². The minimum Gasteiger partial charge on any atom is -0.378 e. The topological polar surface area (TPSA) is 29.9 Å². The average Bonchev–Trinajstić information content (AvgIpc) is 3.00. The number of anilines is 1. The van der Waals surface area contributed by atoms with Gasteiger partial charge in [0.2, 0.25) is 0 Å². The lowest BCUT2D eigenvalue weighted by Gasteiger charge is -2.12. The van der Waals surface area contributed by atoms with Crippen LogP contribution in [0.1, 0.15) is 17.0 Å². The molecular weight excluding hydrogens is 325 g/mol. The van der Waals surface area contributed by atoms with E-state index < -0.39 is 0 Å². The number of nitrogens with zero attached hydrogens (tertiary/aromatic N) is 2. The summed E-state index contributed by atoms with van der Waals surface area (Å²) in [7, 11) is 0. The normalized spacial score (nSPS) is 11.0. The Hall–Kier alpha value is -3.14. The van der Waals surface area contributed by atoms with Crippen LogP contribution >= 0.6 is 0 Å². The highest BCUT2D eigenvalue weighted by molar-refractivity contribution is 5.76. The first-order chi connectivity index (χ1) is 12.7. The lowest BCUT2D eigenvalue weighted by Crippen LogP contribution is -2.10. The van der Waals surface area contributed by atoms with Crippen LogP contribution in [0, 0.1) is 12.7 Å².